The van der Waals surface area contributed by atoms with Gasteiger partial charge in [-0.1, -0.05) is 6.92 Å². The molecule has 4 N–H and O–H groups in total. The Morgan fingerprint density at radius 3 is 2.59 bits per heavy atom. The Bertz CT molecular complexity index is 383. The van der Waals surface area contributed by atoms with Gasteiger partial charge in [-0.05, 0) is 24.3 Å². The fourth-order valence-corrected chi connectivity index (χ4v) is 1.27. The van der Waals surface area contributed by atoms with E-state index in [9.17, 15) is 14.3 Å². The SMILES string of the molecule is CCC(=O)NC(O)(OCN)c1ccc(F)cc1. The van der Waals surface area contributed by atoms with Gasteiger partial charge in [-0.15, -0.1) is 0 Å². The van der Waals surface area contributed by atoms with Gasteiger partial charge in [0.25, 0.3) is 5.91 Å². The number of amides is 1. The van der Waals surface area contributed by atoms with Crippen LogP contribution in [0, 0.1) is 5.82 Å². The highest BCUT2D eigenvalue weighted by molar-refractivity contribution is 5.76. The zero-order chi connectivity index (χ0) is 12.9. The Labute approximate surface area is 98.4 Å². The van der Waals surface area contributed by atoms with E-state index in [-0.39, 0.29) is 18.7 Å². The van der Waals surface area contributed by atoms with Gasteiger partial charge in [0.1, 0.15) is 5.82 Å². The number of benzene rings is 1. The number of halogens is 1. The molecule has 0 aliphatic heterocycles. The number of carbonyl (C=O) groups is 1. The number of rotatable bonds is 5. The Balaban J connectivity index is 2.97. The lowest BCUT2D eigenvalue weighted by Gasteiger charge is -2.28. The van der Waals surface area contributed by atoms with Crippen molar-refractivity contribution in [1.29, 1.82) is 0 Å². The van der Waals surface area contributed by atoms with Gasteiger partial charge in [-0.3, -0.25) is 4.79 Å². The third-order valence-corrected chi connectivity index (χ3v) is 2.16. The molecule has 5 nitrogen and oxygen atoms in total. The molecule has 1 rings (SSSR count). The first kappa shape index (κ1) is 13.6. The fourth-order valence-electron chi connectivity index (χ4n) is 1.27. The molecule has 1 amide bonds. The quantitative estimate of drug-likeness (QED) is 0.652. The Morgan fingerprint density at radius 2 is 2.12 bits per heavy atom. The summed E-state index contributed by atoms with van der Waals surface area (Å²) in [5.41, 5.74) is 5.39. The van der Waals surface area contributed by atoms with Gasteiger partial charge in [0.05, 0.1) is 6.73 Å². The van der Waals surface area contributed by atoms with Crippen molar-refractivity contribution >= 4 is 5.91 Å². The van der Waals surface area contributed by atoms with Crippen LogP contribution in [0.2, 0.25) is 0 Å². The molecule has 0 radical (unpaired) electrons. The van der Waals surface area contributed by atoms with E-state index in [0.717, 1.165) is 12.1 Å². The van der Waals surface area contributed by atoms with Crippen LogP contribution in [0.25, 0.3) is 0 Å². The van der Waals surface area contributed by atoms with Crippen molar-refractivity contribution in [3.63, 3.8) is 0 Å². The lowest BCUT2D eigenvalue weighted by molar-refractivity contribution is -0.232. The van der Waals surface area contributed by atoms with Gasteiger partial charge < -0.3 is 20.9 Å². The molecule has 0 heterocycles. The van der Waals surface area contributed by atoms with E-state index in [2.05, 4.69) is 5.32 Å². The average Bonchev–Trinajstić information content (AvgIpc) is 2.29. The van der Waals surface area contributed by atoms with Crippen molar-refractivity contribution in [2.45, 2.75) is 19.3 Å². The minimum atomic E-state index is -2.03. The third kappa shape index (κ3) is 3.48. The van der Waals surface area contributed by atoms with Crippen LogP contribution >= 0.6 is 0 Å². The van der Waals surface area contributed by atoms with Crippen molar-refractivity contribution in [1.82, 2.24) is 5.32 Å². The second-order valence-corrected chi connectivity index (χ2v) is 3.36. The number of hydrogen-bond donors (Lipinski definition) is 3. The third-order valence-electron chi connectivity index (χ3n) is 2.16. The number of nitrogens with one attached hydrogen (secondary N) is 1. The Kier molecular flexibility index (Phi) is 4.56. The molecule has 1 aromatic rings. The molecule has 0 saturated carbocycles. The topological polar surface area (TPSA) is 84.6 Å². The van der Waals surface area contributed by atoms with Gasteiger partial charge >= 0.3 is 0 Å². The number of aliphatic hydroxyl groups is 1. The highest BCUT2D eigenvalue weighted by atomic mass is 19.1. The first-order valence-electron chi connectivity index (χ1n) is 5.15. The Morgan fingerprint density at radius 1 is 1.53 bits per heavy atom. The van der Waals surface area contributed by atoms with E-state index < -0.39 is 17.6 Å². The van der Waals surface area contributed by atoms with E-state index in [4.69, 9.17) is 10.5 Å². The van der Waals surface area contributed by atoms with Crippen molar-refractivity contribution in [3.05, 3.63) is 35.6 Å². The molecule has 0 aliphatic carbocycles. The second kappa shape index (κ2) is 5.72. The minimum absolute atomic E-state index is 0.178. The molecular formula is C11H15FN2O3. The predicted molar refractivity (Wildman–Crippen MR) is 58.9 cm³/mol. The van der Waals surface area contributed by atoms with Gasteiger partial charge in [0.2, 0.25) is 5.91 Å². The molecule has 94 valence electrons. The first-order valence-corrected chi connectivity index (χ1v) is 5.15. The van der Waals surface area contributed by atoms with Crippen molar-refractivity contribution in [2.24, 2.45) is 5.73 Å². The normalized spacial score (nSPS) is 14.1. The van der Waals surface area contributed by atoms with Crippen LogP contribution in [-0.4, -0.2) is 17.7 Å². The number of carbonyl (C=O) groups excluding carboxylic acids is 1. The summed E-state index contributed by atoms with van der Waals surface area (Å²) in [5.74, 6) is -2.90. The first-order chi connectivity index (χ1) is 8.01. The van der Waals surface area contributed by atoms with Crippen molar-refractivity contribution in [2.75, 3.05) is 6.73 Å². The standard InChI is InChI=1S/C11H15FN2O3/c1-2-10(15)14-11(16,17-7-13)8-3-5-9(12)6-4-8/h3-6,16H,2,7,13H2,1H3,(H,14,15). The van der Waals surface area contributed by atoms with Crippen LogP contribution < -0.4 is 11.1 Å². The summed E-state index contributed by atoms with van der Waals surface area (Å²) in [6, 6.07) is 4.92. The van der Waals surface area contributed by atoms with E-state index >= 15 is 0 Å². The lowest BCUT2D eigenvalue weighted by Crippen LogP contribution is -2.48. The van der Waals surface area contributed by atoms with Crippen LogP contribution in [0.4, 0.5) is 4.39 Å². The highest BCUT2D eigenvalue weighted by Gasteiger charge is 2.31. The molecule has 0 aliphatic rings. The average molecular weight is 242 g/mol. The minimum Gasteiger partial charge on any atom is -0.345 e. The smallest absolute Gasteiger partial charge is 0.278 e. The van der Waals surface area contributed by atoms with Crippen LogP contribution in [0.15, 0.2) is 24.3 Å². The number of nitrogens with two attached hydrogens (primary N) is 1. The predicted octanol–water partition coefficient (Wildman–Crippen LogP) is 0.387. The molecule has 1 unspecified atom stereocenters. The molecule has 1 aromatic carbocycles. The number of ether oxygens (including phenoxy) is 1. The fraction of sp³-hybridized carbons (Fsp3) is 0.364. The maximum absolute atomic E-state index is 12.8. The molecule has 1 atom stereocenters. The molecule has 0 saturated heterocycles. The maximum atomic E-state index is 12.8. The molecule has 0 spiro atoms. The van der Waals surface area contributed by atoms with Gasteiger partial charge in [-0.25, -0.2) is 4.39 Å². The maximum Gasteiger partial charge on any atom is 0.278 e. The van der Waals surface area contributed by atoms with Crippen LogP contribution in [0.3, 0.4) is 0 Å². The molecule has 17 heavy (non-hydrogen) atoms. The highest BCUT2D eigenvalue weighted by Crippen LogP contribution is 2.19. The second-order valence-electron chi connectivity index (χ2n) is 3.36. The van der Waals surface area contributed by atoms with Crippen LogP contribution in [0.5, 0.6) is 0 Å². The van der Waals surface area contributed by atoms with Gasteiger partial charge in [-0.2, -0.15) is 0 Å². The van der Waals surface area contributed by atoms with Gasteiger partial charge in [0.15, 0.2) is 0 Å². The molecule has 0 fully saturated rings. The lowest BCUT2D eigenvalue weighted by atomic mass is 10.1. The van der Waals surface area contributed by atoms with E-state index in [1.807, 2.05) is 0 Å². The van der Waals surface area contributed by atoms with Crippen molar-refractivity contribution in [3.8, 4) is 0 Å². The van der Waals surface area contributed by atoms with Crippen LogP contribution in [-0.2, 0) is 15.4 Å². The summed E-state index contributed by atoms with van der Waals surface area (Å²) in [6.45, 7) is 1.33. The van der Waals surface area contributed by atoms with E-state index in [1.165, 1.54) is 12.1 Å². The van der Waals surface area contributed by atoms with E-state index in [0.29, 0.717) is 0 Å². The summed E-state index contributed by atoms with van der Waals surface area (Å²) < 4.78 is 17.7. The molecular weight excluding hydrogens is 227 g/mol. The van der Waals surface area contributed by atoms with E-state index in [1.54, 1.807) is 6.92 Å². The molecule has 6 heteroatoms. The monoisotopic (exact) mass is 242 g/mol. The summed E-state index contributed by atoms with van der Waals surface area (Å²) in [5, 5.41) is 12.4. The van der Waals surface area contributed by atoms with Gasteiger partial charge in [0, 0.05) is 12.0 Å². The van der Waals surface area contributed by atoms with Crippen molar-refractivity contribution < 1.29 is 19.0 Å². The molecule has 0 bridgehead atoms. The summed E-state index contributed by atoms with van der Waals surface area (Å²) in [6.07, 6.45) is 0.178. The zero-order valence-corrected chi connectivity index (χ0v) is 9.44. The molecule has 0 aromatic heterocycles. The summed E-state index contributed by atoms with van der Waals surface area (Å²) >= 11 is 0. The summed E-state index contributed by atoms with van der Waals surface area (Å²) in [4.78, 5) is 11.3. The Hall–Kier alpha value is -1.50. The largest absolute Gasteiger partial charge is 0.345 e. The van der Waals surface area contributed by atoms with Crippen LogP contribution in [0.1, 0.15) is 18.9 Å². The number of hydrogen-bond acceptors (Lipinski definition) is 4. The zero-order valence-electron chi connectivity index (χ0n) is 9.44. The summed E-state index contributed by atoms with van der Waals surface area (Å²) in [7, 11) is 0.